The summed E-state index contributed by atoms with van der Waals surface area (Å²) in [5.74, 6) is 3.58. The van der Waals surface area contributed by atoms with E-state index in [4.69, 9.17) is 14.2 Å². The fourth-order valence-electron chi connectivity index (χ4n) is 3.57. The van der Waals surface area contributed by atoms with Gasteiger partial charge in [-0.1, -0.05) is 12.1 Å². The molecule has 0 unspecified atom stereocenters. The third kappa shape index (κ3) is 6.48. The molecule has 10 heteroatoms. The molecule has 184 valence electrons. The normalized spacial score (nSPS) is 12.1. The fourth-order valence-corrected chi connectivity index (χ4v) is 4.61. The predicted molar refractivity (Wildman–Crippen MR) is 134 cm³/mol. The van der Waals surface area contributed by atoms with Gasteiger partial charge in [0.25, 0.3) is 5.91 Å². The van der Waals surface area contributed by atoms with Gasteiger partial charge in [-0.3, -0.25) is 9.59 Å². The Kier molecular flexibility index (Phi) is 8.15. The molecule has 0 spiro atoms. The van der Waals surface area contributed by atoms with Gasteiger partial charge >= 0.3 is 0 Å². The standard InChI is InChI=1S/C25H28N4O5S/c1-3-33-19-8-10-20(11-9-19)34-14-24(31)27-25-21-15-35-16-22(21)28-29(25)13-23(30)26-12-17-4-6-18(32-2)7-5-17/h4-11H,3,12-16H2,1-2H3,(H,26,30)(H,27,31). The third-order valence-electron chi connectivity index (χ3n) is 5.32. The van der Waals surface area contributed by atoms with E-state index in [0.29, 0.717) is 24.7 Å². The van der Waals surface area contributed by atoms with Crippen molar-refractivity contribution >= 4 is 29.4 Å². The van der Waals surface area contributed by atoms with Crippen molar-refractivity contribution in [1.29, 1.82) is 0 Å². The van der Waals surface area contributed by atoms with E-state index in [-0.39, 0.29) is 25.0 Å². The van der Waals surface area contributed by atoms with E-state index in [1.165, 1.54) is 0 Å². The molecular formula is C25H28N4O5S. The number of rotatable bonds is 11. The Labute approximate surface area is 208 Å². The first kappa shape index (κ1) is 24.5. The molecule has 0 saturated carbocycles. The third-order valence-corrected chi connectivity index (χ3v) is 6.29. The second-order valence-corrected chi connectivity index (χ2v) is 8.78. The van der Waals surface area contributed by atoms with Gasteiger partial charge in [-0.25, -0.2) is 4.68 Å². The maximum absolute atomic E-state index is 12.6. The minimum absolute atomic E-state index is 0.00316. The smallest absolute Gasteiger partial charge is 0.263 e. The van der Waals surface area contributed by atoms with Gasteiger partial charge in [-0.2, -0.15) is 16.9 Å². The topological polar surface area (TPSA) is 104 Å². The van der Waals surface area contributed by atoms with Crippen molar-refractivity contribution < 1.29 is 23.8 Å². The van der Waals surface area contributed by atoms with E-state index in [2.05, 4.69) is 15.7 Å². The fraction of sp³-hybridized carbons (Fsp3) is 0.320. The van der Waals surface area contributed by atoms with Crippen LogP contribution in [0.1, 0.15) is 23.7 Å². The average molecular weight is 497 g/mol. The molecule has 2 amide bonds. The summed E-state index contributed by atoms with van der Waals surface area (Å²) in [5.41, 5.74) is 2.80. The van der Waals surface area contributed by atoms with Crippen LogP contribution in [0.2, 0.25) is 0 Å². The van der Waals surface area contributed by atoms with Crippen LogP contribution in [0.25, 0.3) is 0 Å². The summed E-state index contributed by atoms with van der Waals surface area (Å²) in [6.45, 7) is 2.73. The number of nitrogens with one attached hydrogen (secondary N) is 2. The molecule has 0 saturated heterocycles. The zero-order valence-electron chi connectivity index (χ0n) is 19.7. The number of ether oxygens (including phenoxy) is 3. The molecule has 2 heterocycles. The molecule has 0 fully saturated rings. The lowest BCUT2D eigenvalue weighted by atomic mass is 10.2. The second kappa shape index (κ2) is 11.7. The van der Waals surface area contributed by atoms with Crippen molar-refractivity contribution in [3.63, 3.8) is 0 Å². The number of hydrogen-bond acceptors (Lipinski definition) is 7. The van der Waals surface area contributed by atoms with E-state index in [1.54, 1.807) is 47.8 Å². The molecule has 0 aliphatic carbocycles. The van der Waals surface area contributed by atoms with Crippen molar-refractivity contribution in [3.8, 4) is 17.2 Å². The van der Waals surface area contributed by atoms with Crippen LogP contribution in [-0.2, 0) is 34.2 Å². The number of fused-ring (bicyclic) bond motifs is 1. The molecule has 3 aromatic rings. The molecule has 2 aromatic carbocycles. The quantitative estimate of drug-likeness (QED) is 0.419. The van der Waals surface area contributed by atoms with E-state index in [0.717, 1.165) is 39.8 Å². The molecule has 1 aliphatic heterocycles. The highest BCUT2D eigenvalue weighted by atomic mass is 32.2. The van der Waals surface area contributed by atoms with Crippen molar-refractivity contribution in [3.05, 3.63) is 65.4 Å². The molecule has 35 heavy (non-hydrogen) atoms. The van der Waals surface area contributed by atoms with E-state index in [1.807, 2.05) is 31.2 Å². The number of thioether (sulfide) groups is 1. The number of benzene rings is 2. The Bertz CT molecular complexity index is 1160. The zero-order chi connectivity index (χ0) is 24.6. The van der Waals surface area contributed by atoms with Crippen LogP contribution in [0.4, 0.5) is 5.82 Å². The Morgan fingerprint density at radius 2 is 1.66 bits per heavy atom. The highest BCUT2D eigenvalue weighted by molar-refractivity contribution is 7.98. The van der Waals surface area contributed by atoms with Crippen molar-refractivity contribution in [2.75, 3.05) is 25.6 Å². The minimum Gasteiger partial charge on any atom is -0.497 e. The molecule has 0 bridgehead atoms. The van der Waals surface area contributed by atoms with Crippen LogP contribution in [-0.4, -0.2) is 41.9 Å². The van der Waals surface area contributed by atoms with E-state index >= 15 is 0 Å². The number of aromatic nitrogens is 2. The number of carbonyl (C=O) groups is 2. The first-order valence-electron chi connectivity index (χ1n) is 11.3. The van der Waals surface area contributed by atoms with Gasteiger partial charge in [-0.15, -0.1) is 0 Å². The Morgan fingerprint density at radius 3 is 2.34 bits per heavy atom. The summed E-state index contributed by atoms with van der Waals surface area (Å²) in [7, 11) is 1.61. The number of nitrogens with zero attached hydrogens (tertiary/aromatic N) is 2. The lowest BCUT2D eigenvalue weighted by molar-refractivity contribution is -0.122. The van der Waals surface area contributed by atoms with Crippen molar-refractivity contribution in [2.45, 2.75) is 31.5 Å². The molecular weight excluding hydrogens is 468 g/mol. The summed E-state index contributed by atoms with van der Waals surface area (Å²) in [4.78, 5) is 25.2. The summed E-state index contributed by atoms with van der Waals surface area (Å²) in [6.07, 6.45) is 0. The molecule has 9 nitrogen and oxygen atoms in total. The molecule has 1 aromatic heterocycles. The van der Waals surface area contributed by atoms with Crippen LogP contribution in [0, 0.1) is 0 Å². The number of amides is 2. The minimum atomic E-state index is -0.321. The zero-order valence-corrected chi connectivity index (χ0v) is 20.5. The Balaban J connectivity index is 1.34. The summed E-state index contributed by atoms with van der Waals surface area (Å²) in [5, 5.41) is 10.3. The van der Waals surface area contributed by atoms with Crippen molar-refractivity contribution in [2.24, 2.45) is 0 Å². The van der Waals surface area contributed by atoms with Gasteiger partial charge in [-0.05, 0) is 48.9 Å². The molecule has 4 rings (SSSR count). The van der Waals surface area contributed by atoms with Crippen LogP contribution in [0.3, 0.4) is 0 Å². The van der Waals surface area contributed by atoms with Gasteiger partial charge in [0.2, 0.25) is 5.91 Å². The van der Waals surface area contributed by atoms with E-state index < -0.39 is 0 Å². The van der Waals surface area contributed by atoms with Crippen LogP contribution in [0.5, 0.6) is 17.2 Å². The summed E-state index contributed by atoms with van der Waals surface area (Å²) < 4.78 is 17.7. The van der Waals surface area contributed by atoms with Crippen LogP contribution >= 0.6 is 11.8 Å². The molecule has 0 atom stereocenters. The SMILES string of the molecule is CCOc1ccc(OCC(=O)Nc2c3c(nn2CC(=O)NCc2ccc(OC)cc2)CSC3)cc1. The Hall–Kier alpha value is -3.66. The molecule has 0 radical (unpaired) electrons. The maximum Gasteiger partial charge on any atom is 0.263 e. The number of carbonyl (C=O) groups excluding carboxylic acids is 2. The van der Waals surface area contributed by atoms with Crippen LogP contribution < -0.4 is 24.8 Å². The monoisotopic (exact) mass is 496 g/mol. The lowest BCUT2D eigenvalue weighted by Gasteiger charge is -2.12. The number of anilines is 1. The van der Waals surface area contributed by atoms with Gasteiger partial charge in [0.05, 0.1) is 19.4 Å². The highest BCUT2D eigenvalue weighted by Crippen LogP contribution is 2.34. The maximum atomic E-state index is 12.6. The molecule has 1 aliphatic rings. The Morgan fingerprint density at radius 1 is 0.971 bits per heavy atom. The van der Waals surface area contributed by atoms with Crippen LogP contribution in [0.15, 0.2) is 48.5 Å². The lowest BCUT2D eigenvalue weighted by Crippen LogP contribution is -2.29. The van der Waals surface area contributed by atoms with Gasteiger partial charge in [0.1, 0.15) is 29.6 Å². The number of hydrogen-bond donors (Lipinski definition) is 2. The van der Waals surface area contributed by atoms with Gasteiger partial charge in [0, 0.05) is 23.6 Å². The summed E-state index contributed by atoms with van der Waals surface area (Å²) in [6, 6.07) is 14.6. The number of methoxy groups -OCH3 is 1. The van der Waals surface area contributed by atoms with Gasteiger partial charge < -0.3 is 24.8 Å². The van der Waals surface area contributed by atoms with E-state index in [9.17, 15) is 9.59 Å². The predicted octanol–water partition coefficient (Wildman–Crippen LogP) is 3.37. The highest BCUT2D eigenvalue weighted by Gasteiger charge is 2.25. The summed E-state index contributed by atoms with van der Waals surface area (Å²) >= 11 is 1.72. The first-order valence-corrected chi connectivity index (χ1v) is 12.4. The van der Waals surface area contributed by atoms with Gasteiger partial charge in [0.15, 0.2) is 6.61 Å². The van der Waals surface area contributed by atoms with Crippen molar-refractivity contribution in [1.82, 2.24) is 15.1 Å². The molecule has 2 N–H and O–H groups in total. The average Bonchev–Trinajstić information content (AvgIpc) is 3.45. The first-order chi connectivity index (χ1) is 17.1. The largest absolute Gasteiger partial charge is 0.497 e. The second-order valence-electron chi connectivity index (χ2n) is 7.79.